The summed E-state index contributed by atoms with van der Waals surface area (Å²) >= 11 is 5.86. The van der Waals surface area contributed by atoms with E-state index in [-0.39, 0.29) is 52.8 Å². The van der Waals surface area contributed by atoms with E-state index in [2.05, 4.69) is 5.32 Å². The third kappa shape index (κ3) is 4.89. The summed E-state index contributed by atoms with van der Waals surface area (Å²) in [5.41, 5.74) is -1.15. The molecule has 2 aromatic carbocycles. The molecule has 2 aromatic rings. The number of nitrogens with zero attached hydrogens (tertiary/aromatic N) is 2. The number of sulfonamides is 1. The molecule has 1 heterocycles. The Bertz CT molecular complexity index is 1500. The van der Waals surface area contributed by atoms with Gasteiger partial charge in [0.25, 0.3) is 0 Å². The highest BCUT2D eigenvalue weighted by Crippen LogP contribution is 2.71. The van der Waals surface area contributed by atoms with Crippen molar-refractivity contribution in [2.75, 3.05) is 0 Å². The van der Waals surface area contributed by atoms with Crippen LogP contribution in [-0.4, -0.2) is 47.4 Å². The number of Topliss-reactive ketones (excluding diaryl/α,β-unsaturated/α-hetero) is 1. The van der Waals surface area contributed by atoms with Gasteiger partial charge in [-0.05, 0) is 75.3 Å². The van der Waals surface area contributed by atoms with Gasteiger partial charge in [0, 0.05) is 36.8 Å². The third-order valence-electron chi connectivity index (χ3n) is 9.34. The Morgan fingerprint density at radius 2 is 1.76 bits per heavy atom. The van der Waals surface area contributed by atoms with Crippen LogP contribution in [-0.2, 0) is 21.4 Å². The minimum absolute atomic E-state index is 0.00584. The van der Waals surface area contributed by atoms with Crippen LogP contribution in [0.25, 0.3) is 0 Å². The topological polar surface area (TPSA) is 78.8 Å². The number of hydrogen-bond acceptors (Lipinski definition) is 5. The van der Waals surface area contributed by atoms with E-state index in [1.54, 1.807) is 36.4 Å². The molecule has 1 aliphatic heterocycles. The molecule has 2 bridgehead atoms. The molecule has 0 aromatic heterocycles. The Morgan fingerprint density at radius 1 is 1.10 bits per heavy atom. The number of nitrogens with one attached hydrogen (secondary N) is 1. The zero-order chi connectivity index (χ0) is 29.4. The van der Waals surface area contributed by atoms with E-state index in [1.807, 2.05) is 13.8 Å². The van der Waals surface area contributed by atoms with Gasteiger partial charge in [0.1, 0.15) is 17.7 Å². The Balaban J connectivity index is 1.20. The summed E-state index contributed by atoms with van der Waals surface area (Å²) in [6.45, 7) is 3.81. The van der Waals surface area contributed by atoms with Gasteiger partial charge in [-0.1, -0.05) is 35.9 Å². The second kappa shape index (κ2) is 9.54. The normalized spacial score (nSPS) is 29.6. The number of carbonyl (C=O) groups excluding carboxylic acids is 1. The fraction of sp³-hybridized carbons (Fsp3) is 0.533. The molecule has 4 fully saturated rings. The van der Waals surface area contributed by atoms with Crippen molar-refractivity contribution in [2.24, 2.45) is 16.3 Å². The van der Waals surface area contributed by atoms with Crippen LogP contribution < -0.4 is 5.32 Å². The van der Waals surface area contributed by atoms with E-state index in [0.717, 1.165) is 0 Å². The highest BCUT2D eigenvalue weighted by Gasteiger charge is 2.75. The van der Waals surface area contributed by atoms with E-state index in [1.165, 1.54) is 16.4 Å². The molecule has 11 heteroatoms. The standard InChI is InChI=1S/C30H33ClF3N3O3S/c1-27(2)25(24(38)11-9-20-13-30(33,34)14-20)35-26(36-27)28-16-29(17-28,18-28)37(15-19-8-10-22(31)23(32)12-19)41(39,40)21-6-4-3-5-7-21/h3-8,10,12,20,25H,9,11,13-18H2,1-2H3,(H,35,36)/t25-,28?,29?/m0/s1. The molecule has 4 saturated carbocycles. The minimum Gasteiger partial charge on any atom is -0.366 e. The summed E-state index contributed by atoms with van der Waals surface area (Å²) in [5.74, 6) is -2.68. The highest BCUT2D eigenvalue weighted by atomic mass is 35.5. The van der Waals surface area contributed by atoms with Crippen molar-refractivity contribution in [1.29, 1.82) is 0 Å². The smallest absolute Gasteiger partial charge is 0.248 e. The van der Waals surface area contributed by atoms with Gasteiger partial charge in [0.05, 0.1) is 15.5 Å². The highest BCUT2D eigenvalue weighted by molar-refractivity contribution is 7.89. The lowest BCUT2D eigenvalue weighted by molar-refractivity contribution is -0.151. The maximum absolute atomic E-state index is 14.3. The monoisotopic (exact) mass is 607 g/mol. The Morgan fingerprint density at radius 3 is 2.37 bits per heavy atom. The van der Waals surface area contributed by atoms with E-state index in [4.69, 9.17) is 16.6 Å². The number of amidine groups is 1. The van der Waals surface area contributed by atoms with Gasteiger partial charge in [0.15, 0.2) is 5.78 Å². The molecule has 1 atom stereocenters. The average Bonchev–Trinajstić information content (AvgIpc) is 3.16. The third-order valence-corrected chi connectivity index (χ3v) is 11.6. The van der Waals surface area contributed by atoms with Crippen LogP contribution >= 0.6 is 11.6 Å². The maximum atomic E-state index is 14.3. The quantitative estimate of drug-likeness (QED) is 0.352. The van der Waals surface area contributed by atoms with Gasteiger partial charge >= 0.3 is 0 Å². The lowest BCUT2D eigenvalue weighted by Crippen LogP contribution is -2.78. The van der Waals surface area contributed by atoms with Gasteiger partial charge < -0.3 is 5.32 Å². The second-order valence-electron chi connectivity index (χ2n) is 13.0. The molecular weight excluding hydrogens is 575 g/mol. The summed E-state index contributed by atoms with van der Waals surface area (Å²) < 4.78 is 69.9. The van der Waals surface area contributed by atoms with Crippen molar-refractivity contribution in [3.63, 3.8) is 0 Å². The van der Waals surface area contributed by atoms with E-state index < -0.39 is 38.9 Å². The van der Waals surface area contributed by atoms with E-state index >= 15 is 0 Å². The van der Waals surface area contributed by atoms with Gasteiger partial charge in [-0.3, -0.25) is 9.79 Å². The fourth-order valence-corrected chi connectivity index (χ4v) is 9.09. The first kappa shape index (κ1) is 28.7. The molecule has 41 heavy (non-hydrogen) atoms. The largest absolute Gasteiger partial charge is 0.366 e. The van der Waals surface area contributed by atoms with Crippen LogP contribution in [0.4, 0.5) is 13.2 Å². The average molecular weight is 608 g/mol. The molecule has 220 valence electrons. The molecule has 1 N–H and O–H groups in total. The number of rotatable bonds is 10. The van der Waals surface area contributed by atoms with Gasteiger partial charge in [-0.15, -0.1) is 0 Å². The molecule has 0 saturated heterocycles. The number of hydrogen-bond donors (Lipinski definition) is 1. The second-order valence-corrected chi connectivity index (χ2v) is 15.2. The molecular formula is C30H33ClF3N3O3S. The van der Waals surface area contributed by atoms with Crippen molar-refractivity contribution >= 4 is 33.2 Å². The number of ketones is 1. The lowest BCUT2D eigenvalue weighted by atomic mass is 9.38. The Kier molecular flexibility index (Phi) is 6.67. The number of alkyl halides is 2. The van der Waals surface area contributed by atoms with Crippen LogP contribution in [0.3, 0.4) is 0 Å². The van der Waals surface area contributed by atoms with E-state index in [9.17, 15) is 26.4 Å². The fourth-order valence-electron chi connectivity index (χ4n) is 7.19. The first-order valence-electron chi connectivity index (χ1n) is 13.9. The van der Waals surface area contributed by atoms with Crippen molar-refractivity contribution in [3.8, 4) is 0 Å². The first-order valence-corrected chi connectivity index (χ1v) is 15.8. The molecule has 0 amide bonds. The zero-order valence-electron chi connectivity index (χ0n) is 23.0. The van der Waals surface area contributed by atoms with E-state index in [0.29, 0.717) is 37.1 Å². The Hall–Kier alpha value is -2.43. The van der Waals surface area contributed by atoms with Crippen molar-refractivity contribution in [2.45, 2.75) is 93.3 Å². The minimum atomic E-state index is -3.91. The van der Waals surface area contributed by atoms with Gasteiger partial charge in [-0.25, -0.2) is 21.6 Å². The number of halogens is 4. The summed E-state index contributed by atoms with van der Waals surface area (Å²) in [5, 5.41) is 3.41. The van der Waals surface area contributed by atoms with Crippen LogP contribution in [0.15, 0.2) is 58.4 Å². The molecule has 0 unspecified atom stereocenters. The molecule has 7 rings (SSSR count). The van der Waals surface area contributed by atoms with Crippen molar-refractivity contribution < 1.29 is 26.4 Å². The van der Waals surface area contributed by atoms with Crippen LogP contribution in [0.2, 0.25) is 5.02 Å². The number of benzene rings is 2. The SMILES string of the molecule is CC1(C)NC(C23CC(N(Cc4ccc(Cl)c(F)c4)S(=O)(=O)c4ccccc4)(C2)C3)=N[C@H]1C(=O)CCC1CC(F)(F)C1. The predicted molar refractivity (Wildman–Crippen MR) is 150 cm³/mol. The number of carbonyl (C=O) groups is 1. The summed E-state index contributed by atoms with van der Waals surface area (Å²) in [4.78, 5) is 18.1. The summed E-state index contributed by atoms with van der Waals surface area (Å²) in [6.07, 6.45) is 1.93. The molecule has 6 nitrogen and oxygen atoms in total. The van der Waals surface area contributed by atoms with Gasteiger partial charge in [-0.2, -0.15) is 4.31 Å². The lowest BCUT2D eigenvalue weighted by Gasteiger charge is -2.73. The predicted octanol–water partition coefficient (Wildman–Crippen LogP) is 6.14. The van der Waals surface area contributed by atoms with Crippen molar-refractivity contribution in [1.82, 2.24) is 9.62 Å². The molecule has 4 aliphatic carbocycles. The Labute approximate surface area is 243 Å². The summed E-state index contributed by atoms with van der Waals surface area (Å²) in [7, 11) is -3.91. The van der Waals surface area contributed by atoms with Crippen LogP contribution in [0, 0.1) is 17.2 Å². The molecule has 0 radical (unpaired) electrons. The van der Waals surface area contributed by atoms with Crippen LogP contribution in [0.1, 0.15) is 64.4 Å². The zero-order valence-corrected chi connectivity index (χ0v) is 24.5. The number of aliphatic imine (C=N–C) groups is 1. The van der Waals surface area contributed by atoms with Crippen LogP contribution in [0.5, 0.6) is 0 Å². The first-order chi connectivity index (χ1) is 19.1. The summed E-state index contributed by atoms with van der Waals surface area (Å²) in [6, 6.07) is 11.9. The maximum Gasteiger partial charge on any atom is 0.248 e. The van der Waals surface area contributed by atoms with Gasteiger partial charge in [0.2, 0.25) is 15.9 Å². The van der Waals surface area contributed by atoms with Crippen molar-refractivity contribution in [3.05, 3.63) is 64.9 Å². The molecule has 5 aliphatic rings. The molecule has 0 spiro atoms.